The first kappa shape index (κ1) is 28.5. The quantitative estimate of drug-likeness (QED) is 0.328. The van der Waals surface area contributed by atoms with Gasteiger partial charge < -0.3 is 30.2 Å². The molecule has 1 aliphatic carbocycles. The summed E-state index contributed by atoms with van der Waals surface area (Å²) in [6, 6.07) is 8.41. The number of nitrogens with one attached hydrogen (secondary N) is 3. The Kier molecular flexibility index (Phi) is 8.93. The highest BCUT2D eigenvalue weighted by Crippen LogP contribution is 2.50. The van der Waals surface area contributed by atoms with Gasteiger partial charge in [-0.1, -0.05) is 6.07 Å². The van der Waals surface area contributed by atoms with Crippen molar-refractivity contribution in [1.29, 1.82) is 0 Å². The molecular weight excluding hydrogens is 514 g/mol. The number of carbonyl (C=O) groups is 2. The summed E-state index contributed by atoms with van der Waals surface area (Å²) in [4.78, 5) is 37.7. The van der Waals surface area contributed by atoms with E-state index in [0.29, 0.717) is 60.1 Å². The molecule has 0 spiro atoms. The molecule has 1 aliphatic rings. The Morgan fingerprint density at radius 3 is 2.50 bits per heavy atom. The fourth-order valence-corrected chi connectivity index (χ4v) is 5.01. The fraction of sp³-hybridized carbons (Fsp3) is 0.379. The summed E-state index contributed by atoms with van der Waals surface area (Å²) < 4.78 is 18.6. The van der Waals surface area contributed by atoms with Gasteiger partial charge in [0.15, 0.2) is 17.3 Å². The molecule has 0 aliphatic heterocycles. The lowest BCUT2D eigenvalue weighted by Gasteiger charge is -2.19. The maximum atomic E-state index is 13.4. The molecule has 11 heteroatoms. The maximum absolute atomic E-state index is 13.4. The third-order valence-corrected chi connectivity index (χ3v) is 6.79. The second-order valence-electron chi connectivity index (χ2n) is 9.55. The number of ether oxygens (including phenoxy) is 3. The summed E-state index contributed by atoms with van der Waals surface area (Å²) in [7, 11) is 6.45. The van der Waals surface area contributed by atoms with Crippen LogP contribution in [0.5, 0.6) is 17.2 Å². The summed E-state index contributed by atoms with van der Waals surface area (Å²) in [5.74, 6) is 1.64. The SMILES string of the molecule is COc1cc2c(c(OC)c1OC)-c1ccc(NCCCC(=O)Nc3ccn(C)n3)c(=O)cc1C(NC(C)=O)CC2. The molecule has 0 saturated heterocycles. The number of hydrogen-bond acceptors (Lipinski definition) is 8. The van der Waals surface area contributed by atoms with Gasteiger partial charge >= 0.3 is 0 Å². The standard InChI is InChI=1S/C29H35N5O6/c1-17(35)31-21-10-8-18-15-24(38-3)28(39-4)29(40-5)27(18)19-9-11-22(23(36)16-20(19)21)30-13-6-7-26(37)32-25-12-14-34(2)33-25/h9,11-12,14-16,21H,6-8,10,13H2,1-5H3,(H,30,36)(H,31,35)(H,32,33,37). The average molecular weight is 550 g/mol. The van der Waals surface area contributed by atoms with Crippen molar-refractivity contribution in [3.63, 3.8) is 0 Å². The van der Waals surface area contributed by atoms with Crippen LogP contribution in [0.3, 0.4) is 0 Å². The Morgan fingerprint density at radius 2 is 1.85 bits per heavy atom. The van der Waals surface area contributed by atoms with Crippen molar-refractivity contribution in [2.45, 2.75) is 38.6 Å². The van der Waals surface area contributed by atoms with Gasteiger partial charge in [-0.2, -0.15) is 5.10 Å². The third-order valence-electron chi connectivity index (χ3n) is 6.79. The number of amides is 2. The predicted molar refractivity (Wildman–Crippen MR) is 152 cm³/mol. The van der Waals surface area contributed by atoms with Crippen molar-refractivity contribution in [3.8, 4) is 28.4 Å². The van der Waals surface area contributed by atoms with E-state index in [1.165, 1.54) is 6.92 Å². The molecule has 4 rings (SSSR count). The van der Waals surface area contributed by atoms with Gasteiger partial charge in [0.25, 0.3) is 0 Å². The number of methoxy groups -OCH3 is 3. The van der Waals surface area contributed by atoms with E-state index < -0.39 is 0 Å². The Morgan fingerprint density at radius 1 is 1.07 bits per heavy atom. The number of anilines is 2. The molecular formula is C29H35N5O6. The number of aromatic nitrogens is 2. The van der Waals surface area contributed by atoms with E-state index in [-0.39, 0.29) is 29.7 Å². The summed E-state index contributed by atoms with van der Waals surface area (Å²) >= 11 is 0. The zero-order valence-electron chi connectivity index (χ0n) is 23.4. The van der Waals surface area contributed by atoms with Gasteiger partial charge in [-0.25, -0.2) is 0 Å². The van der Waals surface area contributed by atoms with Crippen LogP contribution >= 0.6 is 0 Å². The normalized spacial score (nSPS) is 13.8. The lowest BCUT2D eigenvalue weighted by atomic mass is 9.95. The van der Waals surface area contributed by atoms with Crippen molar-refractivity contribution in [2.75, 3.05) is 38.5 Å². The van der Waals surface area contributed by atoms with E-state index in [9.17, 15) is 14.4 Å². The molecule has 0 bridgehead atoms. The molecule has 3 aromatic rings. The number of nitrogens with zero attached hydrogens (tertiary/aromatic N) is 2. The van der Waals surface area contributed by atoms with Crippen molar-refractivity contribution in [3.05, 3.63) is 57.9 Å². The topological polar surface area (TPSA) is 133 Å². The third kappa shape index (κ3) is 6.19. The number of rotatable bonds is 10. The molecule has 11 nitrogen and oxygen atoms in total. The van der Waals surface area contributed by atoms with Crippen LogP contribution in [0.2, 0.25) is 0 Å². The van der Waals surface area contributed by atoms with E-state index in [1.54, 1.807) is 57.5 Å². The van der Waals surface area contributed by atoms with Crippen LogP contribution in [0.15, 0.2) is 41.3 Å². The van der Waals surface area contributed by atoms with E-state index in [1.807, 2.05) is 12.1 Å². The van der Waals surface area contributed by atoms with Gasteiger partial charge in [-0.05, 0) is 54.2 Å². The molecule has 1 heterocycles. The number of hydrogen-bond donors (Lipinski definition) is 3. The van der Waals surface area contributed by atoms with Crippen LogP contribution < -0.4 is 35.6 Å². The van der Waals surface area contributed by atoms with E-state index in [4.69, 9.17) is 14.2 Å². The number of aryl methyl sites for hydroxylation is 2. The molecule has 40 heavy (non-hydrogen) atoms. The number of fused-ring (bicyclic) bond motifs is 3. The van der Waals surface area contributed by atoms with Gasteiger partial charge in [-0.15, -0.1) is 0 Å². The predicted octanol–water partition coefficient (Wildman–Crippen LogP) is 3.43. The van der Waals surface area contributed by atoms with Crippen molar-refractivity contribution < 1.29 is 23.8 Å². The van der Waals surface area contributed by atoms with Crippen LogP contribution in [0, 0.1) is 0 Å². The van der Waals surface area contributed by atoms with Gasteiger partial charge in [0.05, 0.1) is 33.1 Å². The van der Waals surface area contributed by atoms with E-state index >= 15 is 0 Å². The highest BCUT2D eigenvalue weighted by atomic mass is 16.5. The molecule has 2 amide bonds. The monoisotopic (exact) mass is 549 g/mol. The molecule has 1 aromatic heterocycles. The van der Waals surface area contributed by atoms with E-state index in [0.717, 1.165) is 16.7 Å². The smallest absolute Gasteiger partial charge is 0.225 e. The lowest BCUT2D eigenvalue weighted by Crippen LogP contribution is -2.26. The molecule has 0 fully saturated rings. The van der Waals surface area contributed by atoms with Crippen LogP contribution in [-0.4, -0.2) is 49.5 Å². The van der Waals surface area contributed by atoms with Gasteiger partial charge in [-0.3, -0.25) is 19.1 Å². The highest BCUT2D eigenvalue weighted by Gasteiger charge is 2.29. The fourth-order valence-electron chi connectivity index (χ4n) is 5.01. The molecule has 1 atom stereocenters. The van der Waals surface area contributed by atoms with Crippen LogP contribution in [-0.2, 0) is 23.1 Å². The number of carbonyl (C=O) groups excluding carboxylic acids is 2. The van der Waals surface area contributed by atoms with Crippen molar-refractivity contribution >= 4 is 23.3 Å². The summed E-state index contributed by atoms with van der Waals surface area (Å²) in [6.07, 6.45) is 3.73. The first-order chi connectivity index (χ1) is 19.2. The molecule has 2 aromatic carbocycles. The Labute approximate surface area is 232 Å². The van der Waals surface area contributed by atoms with E-state index in [2.05, 4.69) is 21.0 Å². The second kappa shape index (κ2) is 12.5. The summed E-state index contributed by atoms with van der Waals surface area (Å²) in [6.45, 7) is 1.88. The Bertz CT molecular complexity index is 1470. The average Bonchev–Trinajstić information content (AvgIpc) is 3.19. The molecule has 212 valence electrons. The zero-order valence-corrected chi connectivity index (χ0v) is 23.4. The second-order valence-corrected chi connectivity index (χ2v) is 9.55. The maximum Gasteiger partial charge on any atom is 0.225 e. The Hall–Kier alpha value is -4.54. The van der Waals surface area contributed by atoms with Gasteiger partial charge in [0.1, 0.15) is 0 Å². The van der Waals surface area contributed by atoms with Crippen LogP contribution in [0.4, 0.5) is 11.5 Å². The summed E-state index contributed by atoms with van der Waals surface area (Å²) in [5, 5.41) is 13.1. The van der Waals surface area contributed by atoms with Crippen molar-refractivity contribution in [2.24, 2.45) is 7.05 Å². The number of benzene rings is 1. The minimum absolute atomic E-state index is 0.153. The Balaban J connectivity index is 1.65. The van der Waals surface area contributed by atoms with Crippen LogP contribution in [0.25, 0.3) is 11.1 Å². The van der Waals surface area contributed by atoms with Crippen LogP contribution in [0.1, 0.15) is 43.4 Å². The lowest BCUT2D eigenvalue weighted by molar-refractivity contribution is -0.119. The van der Waals surface area contributed by atoms with Crippen molar-refractivity contribution in [1.82, 2.24) is 15.1 Å². The minimum Gasteiger partial charge on any atom is -0.493 e. The van der Waals surface area contributed by atoms with Gasteiger partial charge in [0.2, 0.25) is 23.0 Å². The largest absolute Gasteiger partial charge is 0.493 e. The zero-order chi connectivity index (χ0) is 28.8. The first-order valence-corrected chi connectivity index (χ1v) is 13.1. The molecule has 0 radical (unpaired) electrons. The summed E-state index contributed by atoms with van der Waals surface area (Å²) in [5.41, 5.74) is 3.35. The van der Waals surface area contributed by atoms with Gasteiger partial charge in [0, 0.05) is 44.8 Å². The molecule has 0 saturated carbocycles. The first-order valence-electron chi connectivity index (χ1n) is 13.1. The highest BCUT2D eigenvalue weighted by molar-refractivity contribution is 5.89. The molecule has 1 unspecified atom stereocenters. The minimum atomic E-state index is -0.384. The molecule has 3 N–H and O–H groups in total.